The van der Waals surface area contributed by atoms with Gasteiger partial charge in [0.25, 0.3) is 0 Å². The lowest BCUT2D eigenvalue weighted by atomic mass is 10.1. The molecule has 0 saturated heterocycles. The minimum absolute atomic E-state index is 0.264. The van der Waals surface area contributed by atoms with Crippen LogP contribution in [0.15, 0.2) is 47.1 Å². The van der Waals surface area contributed by atoms with E-state index < -0.39 is 6.10 Å². The number of hydrogen-bond donors (Lipinski definition) is 1. The van der Waals surface area contributed by atoms with Gasteiger partial charge in [0.05, 0.1) is 38.2 Å². The average Bonchev–Trinajstić information content (AvgIpc) is 3.05. The highest BCUT2D eigenvalue weighted by Gasteiger charge is 2.18. The zero-order valence-electron chi connectivity index (χ0n) is 15.6. The van der Waals surface area contributed by atoms with Crippen LogP contribution >= 0.6 is 0 Å². The molecular weight excluding hydrogens is 318 g/mol. The minimum Gasteiger partial charge on any atom is -0.497 e. The monoisotopic (exact) mass is 347 g/mol. The second-order valence-electron chi connectivity index (χ2n) is 7.18. The molecule has 2 aromatic rings. The van der Waals surface area contributed by atoms with Gasteiger partial charge >= 0.3 is 0 Å². The van der Waals surface area contributed by atoms with Gasteiger partial charge in [0.1, 0.15) is 11.5 Å². The molecule has 1 aromatic carbocycles. The third-order valence-corrected chi connectivity index (χ3v) is 3.68. The van der Waals surface area contributed by atoms with Crippen LogP contribution in [0.25, 0.3) is 0 Å². The van der Waals surface area contributed by atoms with Gasteiger partial charge in [0.15, 0.2) is 0 Å². The molecule has 5 heteroatoms. The molecule has 0 saturated carbocycles. The Morgan fingerprint density at radius 2 is 1.96 bits per heavy atom. The van der Waals surface area contributed by atoms with Gasteiger partial charge in [-0.1, -0.05) is 12.1 Å². The lowest BCUT2D eigenvalue weighted by Crippen LogP contribution is -2.36. The molecule has 138 valence electrons. The molecule has 1 aromatic heterocycles. The van der Waals surface area contributed by atoms with Gasteiger partial charge in [-0.2, -0.15) is 0 Å². The fourth-order valence-corrected chi connectivity index (χ4v) is 2.53. The molecule has 0 radical (unpaired) electrons. The van der Waals surface area contributed by atoms with Crippen molar-refractivity contribution in [1.82, 2.24) is 4.90 Å². The van der Waals surface area contributed by atoms with Crippen LogP contribution in [-0.2, 0) is 17.8 Å². The Balaban J connectivity index is 2.01. The molecule has 0 aliphatic rings. The first-order valence-corrected chi connectivity index (χ1v) is 8.55. The van der Waals surface area contributed by atoms with E-state index in [-0.39, 0.29) is 5.60 Å². The molecule has 1 N–H and O–H groups in total. The lowest BCUT2D eigenvalue weighted by Gasteiger charge is -2.27. The third-order valence-electron chi connectivity index (χ3n) is 3.68. The summed E-state index contributed by atoms with van der Waals surface area (Å²) in [6.45, 7) is 8.05. The number of aliphatic hydroxyl groups is 1. The highest BCUT2D eigenvalue weighted by Crippen LogP contribution is 2.17. The molecule has 0 aliphatic heterocycles. The lowest BCUT2D eigenvalue weighted by molar-refractivity contribution is -0.0576. The Bertz CT molecular complexity index is 619. The van der Waals surface area contributed by atoms with E-state index in [9.17, 15) is 5.11 Å². The Labute approximate surface area is 150 Å². The van der Waals surface area contributed by atoms with Crippen LogP contribution in [0.1, 0.15) is 32.1 Å². The van der Waals surface area contributed by atoms with Crippen molar-refractivity contribution >= 4 is 0 Å². The summed E-state index contributed by atoms with van der Waals surface area (Å²) in [5.41, 5.74) is 0.856. The second-order valence-corrected chi connectivity index (χ2v) is 7.18. The molecule has 2 rings (SSSR count). The van der Waals surface area contributed by atoms with Crippen LogP contribution in [0.3, 0.4) is 0 Å². The Kier molecular flexibility index (Phi) is 7.05. The molecule has 0 aliphatic carbocycles. The van der Waals surface area contributed by atoms with Gasteiger partial charge < -0.3 is 19.0 Å². The Hall–Kier alpha value is -1.82. The number of furan rings is 1. The van der Waals surface area contributed by atoms with E-state index in [2.05, 4.69) is 11.0 Å². The standard InChI is InChI=1S/C20H29NO4/c1-20(2,3)25-15-17(22)13-21(14-19-9-6-10-24-19)12-16-7-5-8-18(11-16)23-4/h5-11,17,22H,12-15H2,1-4H3/t17-/m1/s1. The highest BCUT2D eigenvalue weighted by atomic mass is 16.5. The van der Waals surface area contributed by atoms with E-state index in [1.165, 1.54) is 0 Å². The maximum absolute atomic E-state index is 10.4. The third kappa shape index (κ3) is 7.30. The highest BCUT2D eigenvalue weighted by molar-refractivity contribution is 5.28. The molecule has 0 amide bonds. The van der Waals surface area contributed by atoms with Gasteiger partial charge in [0.2, 0.25) is 0 Å². The maximum Gasteiger partial charge on any atom is 0.119 e. The zero-order valence-corrected chi connectivity index (χ0v) is 15.6. The van der Waals surface area contributed by atoms with Crippen molar-refractivity contribution < 1.29 is 19.0 Å². The van der Waals surface area contributed by atoms with Crippen LogP contribution in [0, 0.1) is 0 Å². The number of nitrogens with zero attached hydrogens (tertiary/aromatic N) is 1. The Morgan fingerprint density at radius 1 is 1.16 bits per heavy atom. The van der Waals surface area contributed by atoms with Crippen molar-refractivity contribution in [2.24, 2.45) is 0 Å². The van der Waals surface area contributed by atoms with Crippen molar-refractivity contribution in [3.8, 4) is 5.75 Å². The number of hydrogen-bond acceptors (Lipinski definition) is 5. The maximum atomic E-state index is 10.4. The van der Waals surface area contributed by atoms with E-state index in [4.69, 9.17) is 13.9 Å². The first-order valence-electron chi connectivity index (χ1n) is 8.55. The van der Waals surface area contributed by atoms with Crippen molar-refractivity contribution in [2.45, 2.75) is 45.6 Å². The second kappa shape index (κ2) is 9.04. The zero-order chi connectivity index (χ0) is 18.3. The summed E-state index contributed by atoms with van der Waals surface area (Å²) in [6, 6.07) is 11.8. The predicted octanol–water partition coefficient (Wildman–Crippen LogP) is 3.47. The molecule has 0 unspecified atom stereocenters. The molecule has 5 nitrogen and oxygen atoms in total. The molecule has 1 heterocycles. The summed E-state index contributed by atoms with van der Waals surface area (Å²) in [5.74, 6) is 1.69. The van der Waals surface area contributed by atoms with E-state index in [0.717, 1.165) is 17.1 Å². The van der Waals surface area contributed by atoms with Gasteiger partial charge in [0, 0.05) is 13.1 Å². The molecular formula is C20H29NO4. The number of rotatable bonds is 9. The molecule has 0 fully saturated rings. The van der Waals surface area contributed by atoms with Crippen LogP contribution in [-0.4, -0.2) is 42.0 Å². The smallest absolute Gasteiger partial charge is 0.119 e. The fourth-order valence-electron chi connectivity index (χ4n) is 2.53. The van der Waals surface area contributed by atoms with Gasteiger partial charge in [-0.3, -0.25) is 4.90 Å². The average molecular weight is 347 g/mol. The van der Waals surface area contributed by atoms with Gasteiger partial charge in [-0.05, 0) is 50.6 Å². The summed E-state index contributed by atoms with van der Waals surface area (Å²) in [6.07, 6.45) is 1.10. The predicted molar refractivity (Wildman–Crippen MR) is 97.5 cm³/mol. The first-order chi connectivity index (χ1) is 11.9. The van der Waals surface area contributed by atoms with Gasteiger partial charge in [-0.25, -0.2) is 0 Å². The number of methoxy groups -OCH3 is 1. The van der Waals surface area contributed by atoms with Crippen molar-refractivity contribution in [1.29, 1.82) is 0 Å². The normalized spacial score (nSPS) is 13.2. The quantitative estimate of drug-likeness (QED) is 0.753. The van der Waals surface area contributed by atoms with Crippen LogP contribution in [0.2, 0.25) is 0 Å². The summed E-state index contributed by atoms with van der Waals surface area (Å²) >= 11 is 0. The summed E-state index contributed by atoms with van der Waals surface area (Å²) in [7, 11) is 1.66. The first kappa shape index (κ1) is 19.5. The molecule has 25 heavy (non-hydrogen) atoms. The SMILES string of the molecule is COc1cccc(CN(Cc2ccco2)C[C@@H](O)COC(C)(C)C)c1. The molecule has 0 bridgehead atoms. The minimum atomic E-state index is -0.570. The number of benzene rings is 1. The fraction of sp³-hybridized carbons (Fsp3) is 0.500. The van der Waals surface area contributed by atoms with Crippen LogP contribution < -0.4 is 4.74 Å². The van der Waals surface area contributed by atoms with Gasteiger partial charge in [-0.15, -0.1) is 0 Å². The van der Waals surface area contributed by atoms with Crippen molar-refractivity contribution in [3.05, 3.63) is 54.0 Å². The Morgan fingerprint density at radius 3 is 2.60 bits per heavy atom. The van der Waals surface area contributed by atoms with Crippen molar-refractivity contribution in [2.75, 3.05) is 20.3 Å². The van der Waals surface area contributed by atoms with E-state index in [0.29, 0.717) is 26.2 Å². The summed E-state index contributed by atoms with van der Waals surface area (Å²) in [4.78, 5) is 2.14. The van der Waals surface area contributed by atoms with E-state index in [1.54, 1.807) is 13.4 Å². The van der Waals surface area contributed by atoms with E-state index >= 15 is 0 Å². The number of aliphatic hydroxyl groups excluding tert-OH is 1. The number of ether oxygens (including phenoxy) is 2. The van der Waals surface area contributed by atoms with E-state index in [1.807, 2.05) is 51.1 Å². The molecule has 0 spiro atoms. The van der Waals surface area contributed by atoms with Crippen LogP contribution in [0.5, 0.6) is 5.75 Å². The van der Waals surface area contributed by atoms with Crippen molar-refractivity contribution in [3.63, 3.8) is 0 Å². The molecule has 1 atom stereocenters. The summed E-state index contributed by atoms with van der Waals surface area (Å²) in [5, 5.41) is 10.4. The van der Waals surface area contributed by atoms with Crippen LogP contribution in [0.4, 0.5) is 0 Å². The topological polar surface area (TPSA) is 55.1 Å². The summed E-state index contributed by atoms with van der Waals surface area (Å²) < 4.78 is 16.4. The largest absolute Gasteiger partial charge is 0.497 e.